The third-order valence-corrected chi connectivity index (χ3v) is 2.94. The van der Waals surface area contributed by atoms with E-state index in [0.717, 1.165) is 32.4 Å². The quantitative estimate of drug-likeness (QED) is 0.728. The average Bonchev–Trinajstić information content (AvgIpc) is 2.67. The summed E-state index contributed by atoms with van der Waals surface area (Å²) in [5, 5.41) is 12.1. The predicted octanol–water partition coefficient (Wildman–Crippen LogP) is 1.69. The lowest BCUT2D eigenvalue weighted by Crippen LogP contribution is -2.34. The zero-order valence-corrected chi connectivity index (χ0v) is 9.12. The van der Waals surface area contributed by atoms with Gasteiger partial charge in [0.05, 0.1) is 18.2 Å². The van der Waals surface area contributed by atoms with E-state index in [9.17, 15) is 0 Å². The minimum Gasteiger partial charge on any atom is -0.378 e. The molecule has 80 valence electrons. The fourth-order valence-electron chi connectivity index (χ4n) is 1.95. The molecular formula is C11H20N2O. The molecule has 3 heteroatoms. The summed E-state index contributed by atoms with van der Waals surface area (Å²) >= 11 is 0. The van der Waals surface area contributed by atoms with Crippen LogP contribution in [0.15, 0.2) is 0 Å². The topological polar surface area (TPSA) is 45.0 Å². The summed E-state index contributed by atoms with van der Waals surface area (Å²) in [6.45, 7) is 5.99. The minimum absolute atomic E-state index is 0.00751. The Morgan fingerprint density at radius 3 is 2.93 bits per heavy atom. The fourth-order valence-corrected chi connectivity index (χ4v) is 1.95. The summed E-state index contributed by atoms with van der Waals surface area (Å²) in [5.41, 5.74) is 0. The van der Waals surface area contributed by atoms with Gasteiger partial charge in [-0.3, -0.25) is 0 Å². The van der Waals surface area contributed by atoms with Crippen LogP contribution in [0.2, 0.25) is 0 Å². The monoisotopic (exact) mass is 196 g/mol. The van der Waals surface area contributed by atoms with Gasteiger partial charge in [0, 0.05) is 13.2 Å². The van der Waals surface area contributed by atoms with Crippen LogP contribution in [0.4, 0.5) is 0 Å². The molecule has 1 fully saturated rings. The van der Waals surface area contributed by atoms with E-state index < -0.39 is 0 Å². The van der Waals surface area contributed by atoms with E-state index in [2.05, 4.69) is 18.3 Å². The molecule has 3 nitrogen and oxygen atoms in total. The van der Waals surface area contributed by atoms with Crippen molar-refractivity contribution in [3.8, 4) is 6.07 Å². The van der Waals surface area contributed by atoms with Gasteiger partial charge in [-0.2, -0.15) is 5.26 Å². The lowest BCUT2D eigenvalue weighted by atomic mass is 9.99. The molecule has 1 heterocycles. The smallest absolute Gasteiger partial charge is 0.0950 e. The van der Waals surface area contributed by atoms with E-state index >= 15 is 0 Å². The number of hydrogen-bond donors (Lipinski definition) is 1. The molecule has 0 aromatic carbocycles. The van der Waals surface area contributed by atoms with Crippen molar-refractivity contribution in [2.45, 2.75) is 45.3 Å². The molecule has 0 aliphatic carbocycles. The molecule has 1 aliphatic rings. The van der Waals surface area contributed by atoms with Gasteiger partial charge in [-0.15, -0.1) is 0 Å². The van der Waals surface area contributed by atoms with Crippen LogP contribution in [-0.4, -0.2) is 25.3 Å². The molecule has 0 aromatic heterocycles. The van der Waals surface area contributed by atoms with Gasteiger partial charge in [-0.05, 0) is 25.2 Å². The first-order chi connectivity index (χ1) is 6.81. The zero-order chi connectivity index (χ0) is 10.4. The highest BCUT2D eigenvalue weighted by Gasteiger charge is 2.26. The maximum absolute atomic E-state index is 8.78. The Bertz CT molecular complexity index is 200. The Hall–Kier alpha value is -0.590. The molecule has 3 atom stereocenters. The van der Waals surface area contributed by atoms with Gasteiger partial charge in [0.1, 0.15) is 0 Å². The van der Waals surface area contributed by atoms with Gasteiger partial charge in [0.15, 0.2) is 0 Å². The van der Waals surface area contributed by atoms with Gasteiger partial charge >= 0.3 is 0 Å². The van der Waals surface area contributed by atoms with Crippen molar-refractivity contribution in [3.63, 3.8) is 0 Å². The number of rotatable bonds is 5. The highest BCUT2D eigenvalue weighted by molar-refractivity contribution is 4.90. The van der Waals surface area contributed by atoms with E-state index in [4.69, 9.17) is 10.00 Å². The molecule has 1 aliphatic heterocycles. The molecule has 0 spiro atoms. The van der Waals surface area contributed by atoms with Gasteiger partial charge < -0.3 is 10.1 Å². The lowest BCUT2D eigenvalue weighted by Gasteiger charge is -2.18. The van der Waals surface area contributed by atoms with E-state index in [1.165, 1.54) is 0 Å². The molecule has 1 N–H and O–H groups in total. The molecule has 3 unspecified atom stereocenters. The minimum atomic E-state index is 0.00751. The second kappa shape index (κ2) is 6.00. The number of nitrogens with one attached hydrogen (secondary N) is 1. The van der Waals surface area contributed by atoms with Crippen molar-refractivity contribution in [1.82, 2.24) is 5.32 Å². The summed E-state index contributed by atoms with van der Waals surface area (Å²) in [6, 6.07) is 2.26. The fraction of sp³-hybridized carbons (Fsp3) is 0.909. The lowest BCUT2D eigenvalue weighted by molar-refractivity contribution is 0.0869. The van der Waals surface area contributed by atoms with Gasteiger partial charge in [-0.25, -0.2) is 0 Å². The van der Waals surface area contributed by atoms with Crippen molar-refractivity contribution in [1.29, 1.82) is 5.26 Å². The zero-order valence-electron chi connectivity index (χ0n) is 9.12. The summed E-state index contributed by atoms with van der Waals surface area (Å²) in [7, 11) is 0. The molecular weight excluding hydrogens is 176 g/mol. The highest BCUT2D eigenvalue weighted by Crippen LogP contribution is 2.22. The molecule has 0 saturated carbocycles. The van der Waals surface area contributed by atoms with Crippen LogP contribution in [0.5, 0.6) is 0 Å². The second-order valence-corrected chi connectivity index (χ2v) is 3.86. The molecule has 0 radical (unpaired) electrons. The van der Waals surface area contributed by atoms with Crippen molar-refractivity contribution >= 4 is 0 Å². The van der Waals surface area contributed by atoms with Crippen LogP contribution in [0, 0.1) is 17.2 Å². The SMILES string of the molecule is CCC(C#N)NCC1CCOC1CC. The summed E-state index contributed by atoms with van der Waals surface area (Å²) in [6.07, 6.45) is 3.49. The number of nitriles is 1. The van der Waals surface area contributed by atoms with Crippen molar-refractivity contribution in [3.05, 3.63) is 0 Å². The molecule has 0 bridgehead atoms. The Morgan fingerprint density at radius 2 is 2.36 bits per heavy atom. The Labute approximate surface area is 86.4 Å². The van der Waals surface area contributed by atoms with E-state index in [0.29, 0.717) is 12.0 Å². The van der Waals surface area contributed by atoms with Crippen LogP contribution in [0.1, 0.15) is 33.1 Å². The normalized spacial score (nSPS) is 28.6. The first-order valence-electron chi connectivity index (χ1n) is 5.56. The number of ether oxygens (including phenoxy) is 1. The van der Waals surface area contributed by atoms with Crippen LogP contribution in [-0.2, 0) is 4.74 Å². The third kappa shape index (κ3) is 2.97. The Morgan fingerprint density at radius 1 is 1.57 bits per heavy atom. The maximum atomic E-state index is 8.78. The molecule has 1 saturated heterocycles. The second-order valence-electron chi connectivity index (χ2n) is 3.86. The third-order valence-electron chi connectivity index (χ3n) is 2.94. The van der Waals surface area contributed by atoms with Crippen LogP contribution >= 0.6 is 0 Å². The number of hydrogen-bond acceptors (Lipinski definition) is 3. The van der Waals surface area contributed by atoms with Gasteiger partial charge in [0.2, 0.25) is 0 Å². The largest absolute Gasteiger partial charge is 0.378 e. The molecule has 14 heavy (non-hydrogen) atoms. The summed E-state index contributed by atoms with van der Waals surface area (Å²) in [5.74, 6) is 0.599. The van der Waals surface area contributed by atoms with Crippen molar-refractivity contribution in [2.75, 3.05) is 13.2 Å². The molecule has 1 rings (SSSR count). The van der Waals surface area contributed by atoms with Crippen LogP contribution < -0.4 is 5.32 Å². The first kappa shape index (κ1) is 11.5. The number of nitrogens with zero attached hydrogens (tertiary/aromatic N) is 1. The maximum Gasteiger partial charge on any atom is 0.0950 e. The van der Waals surface area contributed by atoms with Crippen LogP contribution in [0.3, 0.4) is 0 Å². The van der Waals surface area contributed by atoms with Crippen molar-refractivity contribution in [2.24, 2.45) is 5.92 Å². The van der Waals surface area contributed by atoms with E-state index in [-0.39, 0.29) is 6.04 Å². The predicted molar refractivity (Wildman–Crippen MR) is 55.8 cm³/mol. The standard InChI is InChI=1S/C11H20N2O/c1-3-10(7-12)13-8-9-5-6-14-11(9)4-2/h9-11,13H,3-6,8H2,1-2H3. The Balaban J connectivity index is 2.26. The summed E-state index contributed by atoms with van der Waals surface area (Å²) < 4.78 is 5.59. The van der Waals surface area contributed by atoms with E-state index in [1.54, 1.807) is 0 Å². The van der Waals surface area contributed by atoms with E-state index in [1.807, 2.05) is 6.92 Å². The average molecular weight is 196 g/mol. The van der Waals surface area contributed by atoms with Gasteiger partial charge in [0.25, 0.3) is 0 Å². The Kier molecular flexibility index (Phi) is 4.92. The first-order valence-corrected chi connectivity index (χ1v) is 5.56. The van der Waals surface area contributed by atoms with Crippen LogP contribution in [0.25, 0.3) is 0 Å². The van der Waals surface area contributed by atoms with Crippen molar-refractivity contribution < 1.29 is 4.74 Å². The molecule has 0 aromatic rings. The summed E-state index contributed by atoms with van der Waals surface area (Å²) in [4.78, 5) is 0. The molecule has 0 amide bonds. The highest BCUT2D eigenvalue weighted by atomic mass is 16.5. The van der Waals surface area contributed by atoms with Gasteiger partial charge in [-0.1, -0.05) is 13.8 Å².